The minimum atomic E-state index is -3.51. The summed E-state index contributed by atoms with van der Waals surface area (Å²) in [6, 6.07) is 0. The van der Waals surface area contributed by atoms with Crippen LogP contribution < -0.4 is 4.72 Å². The molecule has 0 aromatic heterocycles. The second kappa shape index (κ2) is 6.51. The van der Waals surface area contributed by atoms with Gasteiger partial charge in [-0.05, 0) is 44.9 Å². The minimum Gasteiger partial charge on any atom is -0.274 e. The van der Waals surface area contributed by atoms with E-state index in [4.69, 9.17) is 0 Å². The lowest BCUT2D eigenvalue weighted by Crippen LogP contribution is -2.50. The van der Waals surface area contributed by atoms with Crippen LogP contribution in [0.1, 0.15) is 65.2 Å². The van der Waals surface area contributed by atoms with Crippen molar-refractivity contribution >= 4 is 15.9 Å². The van der Waals surface area contributed by atoms with Crippen molar-refractivity contribution in [2.45, 2.75) is 70.0 Å². The van der Waals surface area contributed by atoms with Crippen LogP contribution in [0.25, 0.3) is 0 Å². The number of carbonyl (C=O) groups excluding carboxylic acids is 1. The van der Waals surface area contributed by atoms with Crippen LogP contribution in [0.4, 0.5) is 0 Å². The summed E-state index contributed by atoms with van der Waals surface area (Å²) in [5.74, 6) is -0.228. The van der Waals surface area contributed by atoms with Gasteiger partial charge in [-0.2, -0.15) is 0 Å². The third-order valence-corrected chi connectivity index (χ3v) is 7.00. The molecule has 5 heteroatoms. The van der Waals surface area contributed by atoms with Crippen LogP contribution in [-0.4, -0.2) is 19.1 Å². The Bertz CT molecular complexity index is 506. The van der Waals surface area contributed by atoms with Gasteiger partial charge in [0.2, 0.25) is 15.9 Å². The summed E-state index contributed by atoms with van der Waals surface area (Å²) in [5.41, 5.74) is 0. The first-order chi connectivity index (χ1) is 9.89. The van der Waals surface area contributed by atoms with E-state index in [-0.39, 0.29) is 17.7 Å². The van der Waals surface area contributed by atoms with Crippen molar-refractivity contribution in [2.75, 3.05) is 0 Å². The molecule has 2 unspecified atom stereocenters. The predicted molar refractivity (Wildman–Crippen MR) is 84.2 cm³/mol. The van der Waals surface area contributed by atoms with E-state index >= 15 is 0 Å². The third kappa shape index (κ3) is 3.87. The number of hydrogen-bond acceptors (Lipinski definition) is 3. The molecule has 0 bridgehead atoms. The highest BCUT2D eigenvalue weighted by atomic mass is 32.2. The van der Waals surface area contributed by atoms with Gasteiger partial charge in [0.15, 0.2) is 0 Å². The Balaban J connectivity index is 1.76. The first-order valence-corrected chi connectivity index (χ1v) is 9.61. The van der Waals surface area contributed by atoms with E-state index in [0.29, 0.717) is 12.8 Å². The number of rotatable bonds is 8. The number of sulfonamides is 1. The largest absolute Gasteiger partial charge is 0.274 e. The number of amides is 1. The van der Waals surface area contributed by atoms with Gasteiger partial charge in [0.1, 0.15) is 0 Å². The Morgan fingerprint density at radius 1 is 1.33 bits per heavy atom. The molecule has 1 amide bonds. The fourth-order valence-corrected chi connectivity index (χ4v) is 4.28. The van der Waals surface area contributed by atoms with E-state index in [2.05, 4.69) is 23.8 Å². The molecule has 0 aliphatic heterocycles. The van der Waals surface area contributed by atoms with E-state index in [9.17, 15) is 13.2 Å². The van der Waals surface area contributed by atoms with Gasteiger partial charge in [0.05, 0.1) is 4.75 Å². The Morgan fingerprint density at radius 3 is 2.62 bits per heavy atom. The van der Waals surface area contributed by atoms with Crippen molar-refractivity contribution in [2.24, 2.45) is 11.8 Å². The summed E-state index contributed by atoms with van der Waals surface area (Å²) in [7, 11) is -3.51. The molecule has 2 aliphatic carbocycles. The quantitative estimate of drug-likeness (QED) is 0.553. The molecule has 0 aromatic carbocycles. The molecule has 21 heavy (non-hydrogen) atoms. The second-order valence-corrected chi connectivity index (χ2v) is 8.90. The summed E-state index contributed by atoms with van der Waals surface area (Å²) < 4.78 is 25.9. The topological polar surface area (TPSA) is 63.2 Å². The van der Waals surface area contributed by atoms with Crippen LogP contribution >= 0.6 is 0 Å². The van der Waals surface area contributed by atoms with Crippen LogP contribution in [-0.2, 0) is 14.8 Å². The Morgan fingerprint density at radius 2 is 2.05 bits per heavy atom. The average molecular weight is 313 g/mol. The van der Waals surface area contributed by atoms with Crippen molar-refractivity contribution < 1.29 is 13.2 Å². The lowest BCUT2D eigenvalue weighted by Gasteiger charge is -2.37. The average Bonchev–Trinajstić information content (AvgIpc) is 3.14. The number of nitrogens with one attached hydrogen (secondary N) is 1. The van der Waals surface area contributed by atoms with Gasteiger partial charge in [0, 0.05) is 5.92 Å². The van der Waals surface area contributed by atoms with Gasteiger partial charge in [0.25, 0.3) is 0 Å². The minimum absolute atomic E-state index is 0.147. The fourth-order valence-electron chi connectivity index (χ4n) is 2.79. The van der Waals surface area contributed by atoms with Crippen LogP contribution in [0.2, 0.25) is 0 Å². The number of hydrogen-bond donors (Lipinski definition) is 1. The van der Waals surface area contributed by atoms with Crippen molar-refractivity contribution in [1.29, 1.82) is 0 Å². The molecular weight excluding hydrogens is 286 g/mol. The standard InChI is InChI=1S/C16H27NO3S/c1-3-4-5-6-7-9-13-12-14(13)15(18)17-21(19,20)16(2)10-8-11-16/h7,9,13-14H,3-6,8,10-12H2,1-2H3,(H,17,18)/b9-7-. The number of allylic oxidation sites excluding steroid dienone is 2. The molecule has 0 spiro atoms. The Hall–Kier alpha value is -0.840. The molecule has 1 N–H and O–H groups in total. The highest BCUT2D eigenvalue weighted by molar-refractivity contribution is 7.91. The number of carbonyl (C=O) groups is 1. The van der Waals surface area contributed by atoms with E-state index in [0.717, 1.165) is 19.3 Å². The normalized spacial score (nSPS) is 27.3. The molecule has 0 radical (unpaired) electrons. The van der Waals surface area contributed by atoms with Gasteiger partial charge in [-0.3, -0.25) is 9.52 Å². The Kier molecular flexibility index (Phi) is 5.12. The monoisotopic (exact) mass is 313 g/mol. The zero-order valence-corrected chi connectivity index (χ0v) is 13.9. The molecule has 2 fully saturated rings. The summed E-state index contributed by atoms with van der Waals surface area (Å²) in [5, 5.41) is 0. The zero-order chi connectivity index (χ0) is 15.5. The van der Waals surface area contributed by atoms with Crippen molar-refractivity contribution in [3.63, 3.8) is 0 Å². The lowest BCUT2D eigenvalue weighted by atomic mass is 9.86. The molecule has 2 saturated carbocycles. The first-order valence-electron chi connectivity index (χ1n) is 8.12. The van der Waals surface area contributed by atoms with Gasteiger partial charge < -0.3 is 0 Å². The van der Waals surface area contributed by atoms with E-state index in [1.807, 2.05) is 0 Å². The van der Waals surface area contributed by atoms with Crippen molar-refractivity contribution in [1.82, 2.24) is 4.72 Å². The van der Waals surface area contributed by atoms with E-state index in [1.165, 1.54) is 19.3 Å². The van der Waals surface area contributed by atoms with Gasteiger partial charge in [-0.1, -0.05) is 38.3 Å². The summed E-state index contributed by atoms with van der Waals surface area (Å²) in [4.78, 5) is 12.0. The van der Waals surface area contributed by atoms with Gasteiger partial charge in [-0.25, -0.2) is 8.42 Å². The van der Waals surface area contributed by atoms with Crippen LogP contribution in [0.5, 0.6) is 0 Å². The van der Waals surface area contributed by atoms with Gasteiger partial charge >= 0.3 is 0 Å². The SMILES string of the molecule is CCCCC/C=C\C1CC1C(=O)NS(=O)(=O)C1(C)CCC1. The van der Waals surface area contributed by atoms with Crippen molar-refractivity contribution in [3.05, 3.63) is 12.2 Å². The molecule has 2 aliphatic rings. The molecule has 0 heterocycles. The molecule has 4 nitrogen and oxygen atoms in total. The smallest absolute Gasteiger partial charge is 0.240 e. The summed E-state index contributed by atoms with van der Waals surface area (Å²) in [6.45, 7) is 3.90. The molecular formula is C16H27NO3S. The first kappa shape index (κ1) is 16.5. The molecule has 120 valence electrons. The van der Waals surface area contributed by atoms with Crippen LogP contribution in [0.3, 0.4) is 0 Å². The second-order valence-electron chi connectivity index (χ2n) is 6.70. The molecule has 0 aromatic rings. The predicted octanol–water partition coefficient (Wildman–Crippen LogP) is 3.15. The van der Waals surface area contributed by atoms with E-state index in [1.54, 1.807) is 6.92 Å². The zero-order valence-electron chi connectivity index (χ0n) is 13.1. The molecule has 0 saturated heterocycles. The summed E-state index contributed by atoms with van der Waals surface area (Å²) >= 11 is 0. The maximum Gasteiger partial charge on any atom is 0.240 e. The van der Waals surface area contributed by atoms with Crippen molar-refractivity contribution in [3.8, 4) is 0 Å². The maximum absolute atomic E-state index is 12.2. The van der Waals surface area contributed by atoms with Gasteiger partial charge in [-0.15, -0.1) is 0 Å². The Labute approximate surface area is 128 Å². The lowest BCUT2D eigenvalue weighted by molar-refractivity contribution is -0.120. The van der Waals surface area contributed by atoms with Crippen LogP contribution in [0.15, 0.2) is 12.2 Å². The summed E-state index contributed by atoms with van der Waals surface area (Å²) in [6.07, 6.45) is 11.9. The fraction of sp³-hybridized carbons (Fsp3) is 0.812. The van der Waals surface area contributed by atoms with Crippen LogP contribution in [0, 0.1) is 11.8 Å². The van der Waals surface area contributed by atoms with E-state index < -0.39 is 14.8 Å². The molecule has 2 atom stereocenters. The maximum atomic E-state index is 12.2. The highest BCUT2D eigenvalue weighted by Crippen LogP contribution is 2.42. The molecule has 2 rings (SSSR count). The number of unbranched alkanes of at least 4 members (excludes halogenated alkanes) is 3. The third-order valence-electron chi connectivity index (χ3n) is 4.83. The highest BCUT2D eigenvalue weighted by Gasteiger charge is 2.48.